The minimum Gasteiger partial charge on any atom is -0.349 e. The molecular weight excluding hydrogens is 330 g/mol. The average Bonchev–Trinajstić information content (AvgIpc) is 3.10. The predicted octanol–water partition coefficient (Wildman–Crippen LogP) is 0.757. The largest absolute Gasteiger partial charge is 0.349 e. The number of nitrogens with one attached hydrogen (secondary N) is 1. The Bertz CT molecular complexity index is 844. The van der Waals surface area contributed by atoms with Crippen LogP contribution >= 0.6 is 0 Å². The van der Waals surface area contributed by atoms with E-state index in [1.165, 1.54) is 11.1 Å². The van der Waals surface area contributed by atoms with Crippen molar-refractivity contribution in [3.63, 3.8) is 0 Å². The van der Waals surface area contributed by atoms with Gasteiger partial charge in [-0.1, -0.05) is 24.3 Å². The van der Waals surface area contributed by atoms with E-state index >= 15 is 0 Å². The number of benzene rings is 1. The Balaban J connectivity index is 1.31. The minimum absolute atomic E-state index is 0.137. The predicted molar refractivity (Wildman–Crippen MR) is 96.9 cm³/mol. The first kappa shape index (κ1) is 16.8. The molecule has 0 spiro atoms. The van der Waals surface area contributed by atoms with Gasteiger partial charge in [0.15, 0.2) is 5.82 Å². The van der Waals surface area contributed by atoms with Crippen LogP contribution in [0.2, 0.25) is 0 Å². The number of aromatic nitrogens is 2. The Morgan fingerprint density at radius 1 is 1.19 bits per heavy atom. The molecule has 7 nitrogen and oxygen atoms in total. The maximum atomic E-state index is 12.4. The van der Waals surface area contributed by atoms with E-state index in [0.717, 1.165) is 26.1 Å². The zero-order chi connectivity index (χ0) is 18.1. The fraction of sp³-hybridized carbons (Fsp3) is 0.421. The number of rotatable bonds is 4. The van der Waals surface area contributed by atoms with Gasteiger partial charge in [0.05, 0.1) is 0 Å². The topological polar surface area (TPSA) is 70.5 Å². The fourth-order valence-electron chi connectivity index (χ4n) is 3.56. The van der Waals surface area contributed by atoms with E-state index in [2.05, 4.69) is 39.5 Å². The molecule has 0 bridgehead atoms. The van der Waals surface area contributed by atoms with Crippen LogP contribution in [0.4, 0.5) is 0 Å². The van der Waals surface area contributed by atoms with Crippen molar-refractivity contribution in [1.29, 1.82) is 0 Å². The van der Waals surface area contributed by atoms with Crippen molar-refractivity contribution < 1.29 is 9.59 Å². The van der Waals surface area contributed by atoms with Crippen molar-refractivity contribution in [2.45, 2.75) is 19.5 Å². The number of carbonyl (C=O) groups is 2. The van der Waals surface area contributed by atoms with Crippen LogP contribution in [0.1, 0.15) is 32.2 Å². The standard InChI is InChI=1S/C19H23N5O2/c1-22-10-11-24-13-16(21-17(24)19(22)26)18(25)20-7-9-23-8-6-14-4-2-3-5-15(14)12-23/h2-5,13H,6-12H2,1H3,(H,20,25). The van der Waals surface area contributed by atoms with Crippen LogP contribution in [-0.2, 0) is 19.5 Å². The summed E-state index contributed by atoms with van der Waals surface area (Å²) in [6.45, 7) is 4.61. The lowest BCUT2D eigenvalue weighted by molar-refractivity contribution is 0.0741. The van der Waals surface area contributed by atoms with E-state index in [0.29, 0.717) is 31.2 Å². The molecule has 0 aliphatic carbocycles. The van der Waals surface area contributed by atoms with Gasteiger partial charge in [-0.25, -0.2) is 4.98 Å². The van der Waals surface area contributed by atoms with Crippen molar-refractivity contribution >= 4 is 11.8 Å². The Hall–Kier alpha value is -2.67. The molecule has 0 unspecified atom stereocenters. The molecule has 7 heteroatoms. The molecule has 2 aliphatic rings. The van der Waals surface area contributed by atoms with E-state index < -0.39 is 0 Å². The van der Waals surface area contributed by atoms with Gasteiger partial charge >= 0.3 is 0 Å². The molecule has 1 N–H and O–H groups in total. The van der Waals surface area contributed by atoms with Crippen LogP contribution in [0.25, 0.3) is 0 Å². The highest BCUT2D eigenvalue weighted by Gasteiger charge is 2.26. The van der Waals surface area contributed by atoms with Gasteiger partial charge in [-0.05, 0) is 17.5 Å². The van der Waals surface area contributed by atoms with Crippen LogP contribution in [0.3, 0.4) is 0 Å². The molecule has 4 rings (SSSR count). The van der Waals surface area contributed by atoms with Crippen molar-refractivity contribution in [3.05, 3.63) is 53.1 Å². The molecule has 136 valence electrons. The molecule has 1 aromatic heterocycles. The van der Waals surface area contributed by atoms with E-state index in [-0.39, 0.29) is 11.8 Å². The minimum atomic E-state index is -0.222. The summed E-state index contributed by atoms with van der Waals surface area (Å²) in [4.78, 5) is 32.6. The first-order valence-electron chi connectivity index (χ1n) is 9.02. The molecule has 3 heterocycles. The Morgan fingerprint density at radius 3 is 2.85 bits per heavy atom. The van der Waals surface area contributed by atoms with Gasteiger partial charge in [-0.15, -0.1) is 0 Å². The van der Waals surface area contributed by atoms with E-state index in [1.807, 2.05) is 0 Å². The van der Waals surface area contributed by atoms with Crippen molar-refractivity contribution in [2.24, 2.45) is 0 Å². The second-order valence-electron chi connectivity index (χ2n) is 6.92. The summed E-state index contributed by atoms with van der Waals surface area (Å²) in [6, 6.07) is 8.52. The molecular formula is C19H23N5O2. The second-order valence-corrected chi connectivity index (χ2v) is 6.92. The maximum Gasteiger partial charge on any atom is 0.289 e. The summed E-state index contributed by atoms with van der Waals surface area (Å²) in [5, 5.41) is 2.92. The SMILES string of the molecule is CN1CCn2cc(C(=O)NCCN3CCc4ccccc4C3)nc2C1=O. The third-order valence-corrected chi connectivity index (χ3v) is 5.15. The van der Waals surface area contributed by atoms with Gasteiger partial charge in [-0.3, -0.25) is 14.5 Å². The first-order valence-corrected chi connectivity index (χ1v) is 9.02. The number of imidazole rings is 1. The van der Waals surface area contributed by atoms with Crippen LogP contribution in [0, 0.1) is 0 Å². The number of carbonyl (C=O) groups excluding carboxylic acids is 2. The molecule has 0 radical (unpaired) electrons. The molecule has 1 aromatic carbocycles. The van der Waals surface area contributed by atoms with E-state index in [1.54, 1.807) is 22.7 Å². The van der Waals surface area contributed by atoms with Crippen LogP contribution in [0.5, 0.6) is 0 Å². The average molecular weight is 353 g/mol. The van der Waals surface area contributed by atoms with Gasteiger partial charge in [0, 0.05) is 52.5 Å². The number of nitrogens with zero attached hydrogens (tertiary/aromatic N) is 4. The summed E-state index contributed by atoms with van der Waals surface area (Å²) >= 11 is 0. The lowest BCUT2D eigenvalue weighted by Crippen LogP contribution is -2.38. The lowest BCUT2D eigenvalue weighted by Gasteiger charge is -2.28. The smallest absolute Gasteiger partial charge is 0.289 e. The van der Waals surface area contributed by atoms with Crippen molar-refractivity contribution in [2.75, 3.05) is 33.2 Å². The third kappa shape index (κ3) is 3.22. The van der Waals surface area contributed by atoms with Gasteiger partial charge < -0.3 is 14.8 Å². The molecule has 2 aromatic rings. The number of likely N-dealkylation sites (N-methyl/N-ethyl adjacent to an activating group) is 1. The molecule has 2 amide bonds. The third-order valence-electron chi connectivity index (χ3n) is 5.15. The molecule has 0 saturated carbocycles. The normalized spacial score (nSPS) is 17.0. The quantitative estimate of drug-likeness (QED) is 0.881. The molecule has 0 fully saturated rings. The zero-order valence-corrected chi connectivity index (χ0v) is 14.9. The van der Waals surface area contributed by atoms with Crippen LogP contribution in [0.15, 0.2) is 30.5 Å². The number of hydrogen-bond acceptors (Lipinski definition) is 4. The lowest BCUT2D eigenvalue weighted by atomic mass is 10.00. The second kappa shape index (κ2) is 6.92. The molecule has 0 saturated heterocycles. The molecule has 2 aliphatic heterocycles. The van der Waals surface area contributed by atoms with Crippen LogP contribution in [-0.4, -0.2) is 64.4 Å². The first-order chi connectivity index (χ1) is 12.6. The number of hydrogen-bond donors (Lipinski definition) is 1. The van der Waals surface area contributed by atoms with E-state index in [9.17, 15) is 9.59 Å². The summed E-state index contributed by atoms with van der Waals surface area (Å²) in [5.74, 6) is -0.0152. The Morgan fingerprint density at radius 2 is 2.00 bits per heavy atom. The summed E-state index contributed by atoms with van der Waals surface area (Å²) < 4.78 is 1.76. The maximum absolute atomic E-state index is 12.4. The Labute approximate surface area is 152 Å². The highest BCUT2D eigenvalue weighted by atomic mass is 16.2. The highest BCUT2D eigenvalue weighted by molar-refractivity contribution is 5.96. The zero-order valence-electron chi connectivity index (χ0n) is 14.9. The van der Waals surface area contributed by atoms with Crippen molar-refractivity contribution in [1.82, 2.24) is 24.7 Å². The Kier molecular flexibility index (Phi) is 4.46. The molecule has 0 atom stereocenters. The monoisotopic (exact) mass is 353 g/mol. The summed E-state index contributed by atoms with van der Waals surface area (Å²) in [6.07, 6.45) is 2.72. The van der Waals surface area contributed by atoms with E-state index in [4.69, 9.17) is 0 Å². The van der Waals surface area contributed by atoms with Gasteiger partial charge in [0.25, 0.3) is 11.8 Å². The van der Waals surface area contributed by atoms with Gasteiger partial charge in [0.2, 0.25) is 0 Å². The fourth-order valence-corrected chi connectivity index (χ4v) is 3.56. The summed E-state index contributed by atoms with van der Waals surface area (Å²) in [7, 11) is 1.75. The van der Waals surface area contributed by atoms with Crippen molar-refractivity contribution in [3.8, 4) is 0 Å². The summed E-state index contributed by atoms with van der Waals surface area (Å²) in [5.41, 5.74) is 3.10. The molecule has 26 heavy (non-hydrogen) atoms. The highest BCUT2D eigenvalue weighted by Crippen LogP contribution is 2.17. The van der Waals surface area contributed by atoms with Gasteiger partial charge in [0.1, 0.15) is 5.69 Å². The van der Waals surface area contributed by atoms with Crippen LogP contribution < -0.4 is 5.32 Å². The van der Waals surface area contributed by atoms with Gasteiger partial charge in [-0.2, -0.15) is 0 Å². The number of amides is 2. The number of fused-ring (bicyclic) bond motifs is 2.